The fourth-order valence-electron chi connectivity index (χ4n) is 2.86. The number of hydrogen-bond acceptors (Lipinski definition) is 5. The van der Waals surface area contributed by atoms with Gasteiger partial charge in [-0.25, -0.2) is 8.42 Å². The molecule has 0 saturated carbocycles. The zero-order valence-corrected chi connectivity index (χ0v) is 16.5. The van der Waals surface area contributed by atoms with Gasteiger partial charge in [-0.2, -0.15) is 0 Å². The molecule has 0 bridgehead atoms. The number of sulfonamides is 1. The highest BCUT2D eigenvalue weighted by Crippen LogP contribution is 2.32. The molecule has 2 amide bonds. The largest absolute Gasteiger partial charge is 0.497 e. The van der Waals surface area contributed by atoms with Crippen LogP contribution in [-0.4, -0.2) is 33.9 Å². The molecule has 2 N–H and O–H groups in total. The summed E-state index contributed by atoms with van der Waals surface area (Å²) < 4.78 is 32.8. The maximum Gasteiger partial charge on any atom is 0.264 e. The second kappa shape index (κ2) is 7.51. The Morgan fingerprint density at radius 2 is 1.61 bits per heavy atom. The Morgan fingerprint density at radius 1 is 1.00 bits per heavy atom. The number of nitrogens with zero attached hydrogens (tertiary/aromatic N) is 1. The summed E-state index contributed by atoms with van der Waals surface area (Å²) in [5.74, 6) is -1.19. The van der Waals surface area contributed by atoms with Crippen LogP contribution in [0.25, 0.3) is 0 Å². The predicted octanol–water partition coefficient (Wildman–Crippen LogP) is 2.44. The second-order valence-corrected chi connectivity index (χ2v) is 8.14. The quantitative estimate of drug-likeness (QED) is 0.746. The molecule has 1 unspecified atom stereocenters. The van der Waals surface area contributed by atoms with Gasteiger partial charge >= 0.3 is 0 Å². The van der Waals surface area contributed by atoms with Crippen LogP contribution in [0, 0.1) is 5.92 Å². The Morgan fingerprint density at radius 3 is 2.18 bits per heavy atom. The number of ether oxygens (including phenoxy) is 1. The van der Waals surface area contributed by atoms with E-state index in [9.17, 15) is 18.0 Å². The fourth-order valence-corrected chi connectivity index (χ4v) is 4.36. The van der Waals surface area contributed by atoms with Crippen LogP contribution in [-0.2, 0) is 19.6 Å². The summed E-state index contributed by atoms with van der Waals surface area (Å²) in [7, 11) is -2.35. The Kier molecular flexibility index (Phi) is 5.28. The number of nitrogens with one attached hydrogen (secondary N) is 2. The number of carbonyl (C=O) groups excluding carboxylic acids is 2. The van der Waals surface area contributed by atoms with Crippen molar-refractivity contribution in [3.8, 4) is 5.75 Å². The molecule has 2 aromatic rings. The molecule has 1 heterocycles. The van der Waals surface area contributed by atoms with E-state index in [0.717, 1.165) is 0 Å². The highest BCUT2D eigenvalue weighted by atomic mass is 32.2. The molecule has 1 aliphatic heterocycles. The topological polar surface area (TPSA) is 105 Å². The zero-order valence-electron chi connectivity index (χ0n) is 15.7. The molecule has 0 aliphatic carbocycles. The number of rotatable bonds is 5. The molecular weight excluding hydrogens is 382 g/mol. The maximum atomic E-state index is 13.2. The molecule has 9 heteroatoms. The second-order valence-electron chi connectivity index (χ2n) is 6.28. The third-order valence-corrected chi connectivity index (χ3v) is 6.43. The molecule has 0 aromatic heterocycles. The van der Waals surface area contributed by atoms with Crippen LogP contribution in [0.5, 0.6) is 5.75 Å². The van der Waals surface area contributed by atoms with Crippen LogP contribution in [0.3, 0.4) is 0 Å². The minimum atomic E-state index is -3.89. The van der Waals surface area contributed by atoms with Gasteiger partial charge in [0.05, 0.1) is 29.1 Å². The van der Waals surface area contributed by atoms with E-state index in [4.69, 9.17) is 4.74 Å². The van der Waals surface area contributed by atoms with Crippen LogP contribution in [0.1, 0.15) is 13.8 Å². The van der Waals surface area contributed by atoms with Gasteiger partial charge < -0.3 is 15.4 Å². The van der Waals surface area contributed by atoms with E-state index < -0.39 is 27.8 Å². The van der Waals surface area contributed by atoms with Gasteiger partial charge in [0.25, 0.3) is 10.0 Å². The Labute approximate surface area is 163 Å². The number of fused-ring (bicyclic) bond motifs is 1. The van der Waals surface area contributed by atoms with E-state index >= 15 is 0 Å². The third kappa shape index (κ3) is 3.53. The molecule has 1 aliphatic rings. The normalized spacial score (nSPS) is 16.5. The van der Waals surface area contributed by atoms with Crippen molar-refractivity contribution in [2.45, 2.75) is 18.7 Å². The lowest BCUT2D eigenvalue weighted by atomic mass is 10.1. The van der Waals surface area contributed by atoms with Gasteiger partial charge in [0.1, 0.15) is 11.7 Å². The van der Waals surface area contributed by atoms with Gasteiger partial charge in [-0.1, -0.05) is 0 Å². The minimum absolute atomic E-state index is 0.00743. The van der Waals surface area contributed by atoms with Gasteiger partial charge in [-0.15, -0.1) is 0 Å². The first-order valence-corrected chi connectivity index (χ1v) is 10.1. The zero-order chi connectivity index (χ0) is 20.5. The standard InChI is InChI=1S/C19H21N3O5S/c1-4-22(13-5-7-14(27-3)8-6-13)28(25,26)15-9-10-16-17(11-15)21-19(24)12(2)18(23)20-16/h5-12H,4H2,1-3H3,(H,20,23)(H,21,24). The van der Waals surface area contributed by atoms with Gasteiger partial charge in [-0.3, -0.25) is 13.9 Å². The van der Waals surface area contributed by atoms with Crippen LogP contribution in [0.15, 0.2) is 47.4 Å². The van der Waals surface area contributed by atoms with E-state index in [0.29, 0.717) is 17.1 Å². The van der Waals surface area contributed by atoms with Crippen LogP contribution < -0.4 is 19.7 Å². The first kappa shape index (κ1) is 19.7. The van der Waals surface area contributed by atoms with Crippen molar-refractivity contribution in [3.63, 3.8) is 0 Å². The fraction of sp³-hybridized carbons (Fsp3) is 0.263. The molecule has 0 spiro atoms. The molecule has 8 nitrogen and oxygen atoms in total. The van der Waals surface area contributed by atoms with Crippen molar-refractivity contribution in [2.75, 3.05) is 28.6 Å². The number of benzene rings is 2. The first-order valence-electron chi connectivity index (χ1n) is 8.70. The summed E-state index contributed by atoms with van der Waals surface area (Å²) in [6.07, 6.45) is 0. The van der Waals surface area contributed by atoms with E-state index in [1.54, 1.807) is 31.2 Å². The number of anilines is 3. The first-order chi connectivity index (χ1) is 13.3. The molecule has 148 valence electrons. The Bertz CT molecular complexity index is 1020. The van der Waals surface area contributed by atoms with Crippen molar-refractivity contribution in [3.05, 3.63) is 42.5 Å². The average molecular weight is 403 g/mol. The molecule has 0 radical (unpaired) electrons. The van der Waals surface area contributed by atoms with Crippen molar-refractivity contribution in [1.29, 1.82) is 0 Å². The number of methoxy groups -OCH3 is 1. The van der Waals surface area contributed by atoms with E-state index in [-0.39, 0.29) is 17.1 Å². The monoisotopic (exact) mass is 403 g/mol. The van der Waals surface area contributed by atoms with E-state index in [1.807, 2.05) is 0 Å². The van der Waals surface area contributed by atoms with Crippen LogP contribution in [0.2, 0.25) is 0 Å². The van der Waals surface area contributed by atoms with Gasteiger partial charge in [0.2, 0.25) is 11.8 Å². The van der Waals surface area contributed by atoms with E-state index in [1.165, 1.54) is 36.5 Å². The smallest absolute Gasteiger partial charge is 0.264 e. The average Bonchev–Trinajstić information content (AvgIpc) is 2.79. The third-order valence-electron chi connectivity index (χ3n) is 4.53. The number of hydrogen-bond donors (Lipinski definition) is 2. The molecule has 28 heavy (non-hydrogen) atoms. The Hall–Kier alpha value is -3.07. The molecule has 2 aromatic carbocycles. The molecule has 3 rings (SSSR count). The maximum absolute atomic E-state index is 13.2. The summed E-state index contributed by atoms with van der Waals surface area (Å²) in [6, 6.07) is 10.9. The predicted molar refractivity (Wildman–Crippen MR) is 106 cm³/mol. The Balaban J connectivity index is 2.00. The summed E-state index contributed by atoms with van der Waals surface area (Å²) in [5, 5.41) is 5.23. The minimum Gasteiger partial charge on any atom is -0.497 e. The van der Waals surface area contributed by atoms with Crippen molar-refractivity contribution >= 4 is 38.9 Å². The van der Waals surface area contributed by atoms with Crippen molar-refractivity contribution in [1.82, 2.24) is 0 Å². The van der Waals surface area contributed by atoms with E-state index in [2.05, 4.69) is 10.6 Å². The lowest BCUT2D eigenvalue weighted by molar-refractivity contribution is -0.128. The number of amides is 2. The van der Waals surface area contributed by atoms with Crippen molar-refractivity contribution in [2.24, 2.45) is 5.92 Å². The highest BCUT2D eigenvalue weighted by molar-refractivity contribution is 7.92. The molecule has 0 saturated heterocycles. The van der Waals surface area contributed by atoms with Crippen molar-refractivity contribution < 1.29 is 22.7 Å². The molecule has 0 fully saturated rings. The SMILES string of the molecule is CCN(c1ccc(OC)cc1)S(=O)(=O)c1ccc2c(c1)NC(=O)C(C)C(=O)N2. The summed E-state index contributed by atoms with van der Waals surface area (Å²) >= 11 is 0. The lowest BCUT2D eigenvalue weighted by Gasteiger charge is -2.23. The van der Waals surface area contributed by atoms with Gasteiger partial charge in [0, 0.05) is 6.54 Å². The lowest BCUT2D eigenvalue weighted by Crippen LogP contribution is -2.30. The van der Waals surface area contributed by atoms with Crippen LogP contribution >= 0.6 is 0 Å². The van der Waals surface area contributed by atoms with Gasteiger partial charge in [0.15, 0.2) is 0 Å². The highest BCUT2D eigenvalue weighted by Gasteiger charge is 2.29. The molecular formula is C19H21N3O5S. The summed E-state index contributed by atoms with van der Waals surface area (Å²) in [5.41, 5.74) is 1.09. The summed E-state index contributed by atoms with van der Waals surface area (Å²) in [6.45, 7) is 3.43. The van der Waals surface area contributed by atoms with Gasteiger partial charge in [-0.05, 0) is 56.3 Å². The summed E-state index contributed by atoms with van der Waals surface area (Å²) in [4.78, 5) is 24.0. The number of carbonyl (C=O) groups is 2. The van der Waals surface area contributed by atoms with Crippen LogP contribution in [0.4, 0.5) is 17.1 Å². The molecule has 1 atom stereocenters.